The Morgan fingerprint density at radius 1 is 1.30 bits per heavy atom. The maximum Gasteiger partial charge on any atom is 0.151 e. The zero-order valence-corrected chi connectivity index (χ0v) is 5.21. The topological polar surface area (TPSA) is 98.0 Å². The Morgan fingerprint density at radius 2 is 1.80 bits per heavy atom. The van der Waals surface area contributed by atoms with E-state index in [9.17, 15) is 4.79 Å². The van der Waals surface area contributed by atoms with E-state index in [1.807, 2.05) is 0 Å². The minimum absolute atomic E-state index is 0.0869. The third-order valence-corrected chi connectivity index (χ3v) is 1.07. The Hall–Kier alpha value is -0.490. The lowest BCUT2D eigenvalue weighted by Gasteiger charge is -2.16. The number of aliphatic hydroxyl groups excluding tert-OH is 4. The summed E-state index contributed by atoms with van der Waals surface area (Å²) < 4.78 is 0. The largest absolute Gasteiger partial charge is 0.394 e. The number of rotatable bonds is 4. The number of hydrogen-bond donors (Lipinski definition) is 4. The van der Waals surface area contributed by atoms with Gasteiger partial charge in [-0.05, 0) is 0 Å². The summed E-state index contributed by atoms with van der Waals surface area (Å²) >= 11 is 0. The monoisotopic (exact) mass is 152 g/mol. The molecule has 0 rings (SSSR count). The standard InChI is InChI=1S/C5H10O5/c6-1-3(8)5(10)4(9)2-7/h1,3-5,7-10H,2H2/t3-,4+,5-/m0/s1/i1+1,3+1. The van der Waals surface area contributed by atoms with Crippen LogP contribution in [0.1, 0.15) is 0 Å². The Bertz CT molecular complexity index is 104. The summed E-state index contributed by atoms with van der Waals surface area (Å²) in [4.78, 5) is 9.76. The molecule has 10 heavy (non-hydrogen) atoms. The van der Waals surface area contributed by atoms with Crippen LogP contribution in [0.15, 0.2) is 0 Å². The molecule has 0 aromatic heterocycles. The second-order valence-corrected chi connectivity index (χ2v) is 1.87. The van der Waals surface area contributed by atoms with Crippen LogP contribution in [-0.2, 0) is 4.79 Å². The highest BCUT2D eigenvalue weighted by Crippen LogP contribution is 1.96. The van der Waals surface area contributed by atoms with Crippen LogP contribution in [0.3, 0.4) is 0 Å². The van der Waals surface area contributed by atoms with E-state index >= 15 is 0 Å². The molecule has 60 valence electrons. The fourth-order valence-corrected chi connectivity index (χ4v) is 0.416. The van der Waals surface area contributed by atoms with Gasteiger partial charge in [0, 0.05) is 0 Å². The van der Waals surface area contributed by atoms with Crippen LogP contribution in [0.4, 0.5) is 0 Å². The van der Waals surface area contributed by atoms with E-state index in [1.54, 1.807) is 0 Å². The normalized spacial score (nSPS) is 19.6. The molecule has 5 heteroatoms. The molecule has 0 spiro atoms. The third kappa shape index (κ3) is 2.40. The van der Waals surface area contributed by atoms with Gasteiger partial charge in [-0.2, -0.15) is 0 Å². The van der Waals surface area contributed by atoms with Gasteiger partial charge in [0.05, 0.1) is 6.61 Å². The second kappa shape index (κ2) is 4.35. The summed E-state index contributed by atoms with van der Waals surface area (Å²) in [7, 11) is 0. The van der Waals surface area contributed by atoms with Crippen LogP contribution >= 0.6 is 0 Å². The van der Waals surface area contributed by atoms with Crippen LogP contribution in [0, 0.1) is 0 Å². The van der Waals surface area contributed by atoms with Crippen LogP contribution < -0.4 is 0 Å². The van der Waals surface area contributed by atoms with Crippen molar-refractivity contribution in [3.63, 3.8) is 0 Å². The molecule has 0 bridgehead atoms. The highest BCUT2D eigenvalue weighted by molar-refractivity contribution is 5.56. The van der Waals surface area contributed by atoms with Gasteiger partial charge >= 0.3 is 0 Å². The lowest BCUT2D eigenvalue weighted by Crippen LogP contribution is -2.40. The zero-order valence-electron chi connectivity index (χ0n) is 5.21. The van der Waals surface area contributed by atoms with E-state index in [4.69, 9.17) is 20.4 Å². The molecule has 5 nitrogen and oxygen atoms in total. The van der Waals surface area contributed by atoms with E-state index in [-0.39, 0.29) is 6.29 Å². The van der Waals surface area contributed by atoms with E-state index in [2.05, 4.69) is 0 Å². The predicted octanol–water partition coefficient (Wildman–Crippen LogP) is -2.74. The van der Waals surface area contributed by atoms with Crippen molar-refractivity contribution in [1.82, 2.24) is 0 Å². The maximum atomic E-state index is 9.76. The fraction of sp³-hybridized carbons (Fsp3) is 0.800. The lowest BCUT2D eigenvalue weighted by atomic mass is 10.3. The third-order valence-electron chi connectivity index (χ3n) is 1.07. The van der Waals surface area contributed by atoms with Crippen molar-refractivity contribution >= 4 is 6.29 Å². The van der Waals surface area contributed by atoms with E-state index < -0.39 is 24.9 Å². The SMILES string of the molecule is O=[13CH][13C@H](O)[C@H](O)[C@H](O)CO. The Morgan fingerprint density at radius 3 is 2.10 bits per heavy atom. The molecule has 0 saturated carbocycles. The molecule has 0 aliphatic carbocycles. The Balaban J connectivity index is 3.80. The minimum atomic E-state index is -1.64. The second-order valence-electron chi connectivity index (χ2n) is 1.87. The van der Waals surface area contributed by atoms with Crippen molar-refractivity contribution in [2.24, 2.45) is 0 Å². The average molecular weight is 152 g/mol. The van der Waals surface area contributed by atoms with Gasteiger partial charge in [0.15, 0.2) is 6.29 Å². The van der Waals surface area contributed by atoms with Crippen LogP contribution in [-0.4, -0.2) is 51.6 Å². The molecular weight excluding hydrogens is 142 g/mol. The first-order valence-corrected chi connectivity index (χ1v) is 2.73. The zero-order chi connectivity index (χ0) is 8.15. The van der Waals surface area contributed by atoms with E-state index in [0.717, 1.165) is 0 Å². The molecular formula is C5H10O5. The molecule has 0 unspecified atom stereocenters. The Kier molecular flexibility index (Phi) is 4.13. The molecule has 0 aliphatic heterocycles. The smallest absolute Gasteiger partial charge is 0.151 e. The molecule has 0 aliphatic rings. The summed E-state index contributed by atoms with van der Waals surface area (Å²) in [6.45, 7) is -0.688. The summed E-state index contributed by atoms with van der Waals surface area (Å²) in [5.74, 6) is 0. The first-order valence-electron chi connectivity index (χ1n) is 2.73. The minimum Gasteiger partial charge on any atom is -0.394 e. The van der Waals surface area contributed by atoms with Crippen LogP contribution in [0.25, 0.3) is 0 Å². The van der Waals surface area contributed by atoms with Crippen molar-refractivity contribution in [2.75, 3.05) is 6.61 Å². The number of carbonyl (C=O) groups excluding carboxylic acids is 1. The van der Waals surface area contributed by atoms with Gasteiger partial charge in [-0.15, -0.1) is 0 Å². The van der Waals surface area contributed by atoms with Gasteiger partial charge in [0.25, 0.3) is 0 Å². The average Bonchev–Trinajstić information content (AvgIpc) is 2.00. The maximum absolute atomic E-state index is 9.76. The number of aldehydes is 1. The molecule has 0 saturated heterocycles. The molecule has 0 aromatic carbocycles. The highest BCUT2D eigenvalue weighted by Gasteiger charge is 2.22. The van der Waals surface area contributed by atoms with Crippen molar-refractivity contribution in [3.05, 3.63) is 0 Å². The highest BCUT2D eigenvalue weighted by atomic mass is 16.4. The number of carbonyl (C=O) groups is 1. The first-order chi connectivity index (χ1) is 4.63. The van der Waals surface area contributed by atoms with Gasteiger partial charge in [-0.25, -0.2) is 0 Å². The number of aliphatic hydroxyl groups is 4. The quantitative estimate of drug-likeness (QED) is 0.259. The van der Waals surface area contributed by atoms with E-state index in [1.165, 1.54) is 0 Å². The van der Waals surface area contributed by atoms with Gasteiger partial charge < -0.3 is 25.2 Å². The fourth-order valence-electron chi connectivity index (χ4n) is 0.416. The molecule has 0 aromatic rings. The van der Waals surface area contributed by atoms with Crippen LogP contribution in [0.2, 0.25) is 0 Å². The Labute approximate surface area is 57.5 Å². The van der Waals surface area contributed by atoms with Crippen LogP contribution in [0.5, 0.6) is 0 Å². The van der Waals surface area contributed by atoms with Gasteiger partial charge in [0.2, 0.25) is 0 Å². The summed E-state index contributed by atoms with van der Waals surface area (Å²) in [5.41, 5.74) is 0. The van der Waals surface area contributed by atoms with Crippen molar-refractivity contribution in [1.29, 1.82) is 0 Å². The molecule has 0 radical (unpaired) electrons. The van der Waals surface area contributed by atoms with Crippen molar-refractivity contribution in [2.45, 2.75) is 18.3 Å². The molecule has 0 heterocycles. The molecule has 0 fully saturated rings. The van der Waals surface area contributed by atoms with Gasteiger partial charge in [0.1, 0.15) is 18.3 Å². The van der Waals surface area contributed by atoms with Gasteiger partial charge in [-0.1, -0.05) is 0 Å². The summed E-state index contributed by atoms with van der Waals surface area (Å²) in [6.07, 6.45) is -4.63. The summed E-state index contributed by atoms with van der Waals surface area (Å²) in [6, 6.07) is 0. The number of hydrogen-bond acceptors (Lipinski definition) is 5. The van der Waals surface area contributed by atoms with Gasteiger partial charge in [-0.3, -0.25) is 0 Å². The first kappa shape index (κ1) is 9.51. The van der Waals surface area contributed by atoms with Crippen molar-refractivity contribution < 1.29 is 25.2 Å². The molecule has 0 amide bonds. The molecule has 3 atom stereocenters. The molecule has 4 N–H and O–H groups in total. The lowest BCUT2D eigenvalue weighted by molar-refractivity contribution is -0.127. The predicted molar refractivity (Wildman–Crippen MR) is 31.2 cm³/mol. The summed E-state index contributed by atoms with van der Waals surface area (Å²) in [5, 5.41) is 34.1. The van der Waals surface area contributed by atoms with Crippen molar-refractivity contribution in [3.8, 4) is 0 Å². The van der Waals surface area contributed by atoms with E-state index in [0.29, 0.717) is 0 Å².